The number of carbonyl (C=O) groups is 2. The maximum Gasteiger partial charge on any atom is 0.228 e. The summed E-state index contributed by atoms with van der Waals surface area (Å²) in [7, 11) is 1.79. The topological polar surface area (TPSA) is 135 Å². The van der Waals surface area contributed by atoms with Crippen LogP contribution in [0.25, 0.3) is 0 Å². The summed E-state index contributed by atoms with van der Waals surface area (Å²) in [5.41, 5.74) is 0.926. The highest BCUT2D eigenvalue weighted by molar-refractivity contribution is 8.00. The van der Waals surface area contributed by atoms with E-state index in [2.05, 4.69) is 37.4 Å². The van der Waals surface area contributed by atoms with E-state index in [1.54, 1.807) is 64.3 Å². The Morgan fingerprint density at radius 2 is 1.13 bits per heavy atom. The standard InChI is InChI=1S/C50H57N3O7S2/c1-48(2,34-51)50(5,47(55)52-30-9-31-53(6)7)35-61-33-39(54)32-36-10-16-41(17-11-36)59-43-22-26-45(27-23-43)62(56,57)46-28-24-44(25-29-46)60-42-20-14-38(15-21-42)49(3,4)37-12-18-40(58-8)19-13-37/h10-29H,9,30-33,35H2,1-8H3,(H,52,55). The Hall–Kier alpha value is -5.61. The zero-order valence-corrected chi connectivity index (χ0v) is 38.5. The number of hydrogen-bond acceptors (Lipinski definition) is 10. The van der Waals surface area contributed by atoms with Crippen LogP contribution in [0.5, 0.6) is 28.7 Å². The molecule has 0 aliphatic rings. The lowest BCUT2D eigenvalue weighted by Crippen LogP contribution is -2.50. The van der Waals surface area contributed by atoms with Gasteiger partial charge in [-0.1, -0.05) is 50.2 Å². The quantitative estimate of drug-likeness (QED) is 0.0710. The smallest absolute Gasteiger partial charge is 0.228 e. The number of Topliss-reactive ketones (excluding diaryl/α,β-unsaturated/α-hetero) is 1. The number of amides is 1. The Morgan fingerprint density at radius 1 is 0.694 bits per heavy atom. The van der Waals surface area contributed by atoms with Gasteiger partial charge < -0.3 is 24.4 Å². The molecule has 0 aliphatic carbocycles. The van der Waals surface area contributed by atoms with Crippen LogP contribution in [0.2, 0.25) is 0 Å². The third-order valence-electron chi connectivity index (χ3n) is 11.3. The molecule has 1 atom stereocenters. The van der Waals surface area contributed by atoms with Gasteiger partial charge in [-0.05, 0) is 149 Å². The van der Waals surface area contributed by atoms with Gasteiger partial charge in [0.25, 0.3) is 0 Å². The van der Waals surface area contributed by atoms with Gasteiger partial charge >= 0.3 is 0 Å². The van der Waals surface area contributed by atoms with Crippen molar-refractivity contribution in [1.29, 1.82) is 5.26 Å². The number of thioether (sulfide) groups is 1. The average molecular weight is 876 g/mol. The molecular weight excluding hydrogens is 819 g/mol. The number of rotatable bonds is 21. The summed E-state index contributed by atoms with van der Waals surface area (Å²) in [5.74, 6) is 3.29. The van der Waals surface area contributed by atoms with E-state index < -0.39 is 20.7 Å². The second-order valence-electron chi connectivity index (χ2n) is 16.9. The Morgan fingerprint density at radius 3 is 1.56 bits per heavy atom. The predicted octanol–water partition coefficient (Wildman–Crippen LogP) is 9.91. The van der Waals surface area contributed by atoms with Gasteiger partial charge in [-0.25, -0.2) is 8.42 Å². The number of sulfone groups is 1. The number of hydrogen-bond donors (Lipinski definition) is 1. The monoisotopic (exact) mass is 875 g/mol. The number of ketones is 1. The molecule has 0 aromatic heterocycles. The van der Waals surface area contributed by atoms with E-state index in [0.717, 1.165) is 35.4 Å². The second-order valence-corrected chi connectivity index (χ2v) is 19.8. The van der Waals surface area contributed by atoms with Crippen molar-refractivity contribution in [3.63, 3.8) is 0 Å². The molecule has 12 heteroatoms. The molecule has 0 radical (unpaired) electrons. The minimum Gasteiger partial charge on any atom is -0.497 e. The van der Waals surface area contributed by atoms with Crippen molar-refractivity contribution >= 4 is 33.3 Å². The van der Waals surface area contributed by atoms with E-state index >= 15 is 0 Å². The van der Waals surface area contributed by atoms with Crippen LogP contribution in [0, 0.1) is 22.2 Å². The van der Waals surface area contributed by atoms with Crippen LogP contribution < -0.4 is 19.5 Å². The Labute approximate surface area is 371 Å². The van der Waals surface area contributed by atoms with E-state index in [-0.39, 0.29) is 39.1 Å². The zero-order chi connectivity index (χ0) is 45.1. The molecule has 0 bridgehead atoms. The van der Waals surface area contributed by atoms with Crippen molar-refractivity contribution in [3.8, 4) is 34.8 Å². The van der Waals surface area contributed by atoms with E-state index in [4.69, 9.17) is 14.2 Å². The SMILES string of the molecule is COc1ccc(C(C)(C)c2ccc(Oc3ccc(S(=O)(=O)c4ccc(Oc5ccc(CC(=O)CSCC(C)(C(=O)NCCCN(C)C)C(C)(C)C#N)cc5)cc4)cc3)cc2)cc1. The number of nitrogens with one attached hydrogen (secondary N) is 1. The highest BCUT2D eigenvalue weighted by Crippen LogP contribution is 2.41. The highest BCUT2D eigenvalue weighted by Gasteiger charge is 2.47. The summed E-state index contributed by atoms with van der Waals surface area (Å²) in [6.07, 6.45) is 1.01. The molecule has 0 spiro atoms. The average Bonchev–Trinajstić information content (AvgIpc) is 3.26. The Kier molecular flexibility index (Phi) is 15.7. The molecular formula is C50H57N3O7S2. The fourth-order valence-corrected chi connectivity index (χ4v) is 9.26. The predicted molar refractivity (Wildman–Crippen MR) is 246 cm³/mol. The van der Waals surface area contributed by atoms with Gasteiger partial charge in [-0.15, -0.1) is 0 Å². The molecule has 5 aromatic carbocycles. The van der Waals surface area contributed by atoms with Gasteiger partial charge in [0.15, 0.2) is 0 Å². The van der Waals surface area contributed by atoms with Crippen LogP contribution in [0.4, 0.5) is 0 Å². The number of methoxy groups -OCH3 is 1. The minimum absolute atomic E-state index is 0.00198. The maximum absolute atomic E-state index is 13.5. The van der Waals surface area contributed by atoms with Crippen molar-refractivity contribution in [2.24, 2.45) is 10.8 Å². The van der Waals surface area contributed by atoms with Crippen molar-refractivity contribution < 1.29 is 32.2 Å². The van der Waals surface area contributed by atoms with Crippen molar-refractivity contribution in [3.05, 3.63) is 138 Å². The van der Waals surface area contributed by atoms with Crippen molar-refractivity contribution in [1.82, 2.24) is 10.2 Å². The molecule has 5 aromatic rings. The third-order valence-corrected chi connectivity index (χ3v) is 14.4. The first-order valence-corrected chi connectivity index (χ1v) is 23.1. The number of carbonyl (C=O) groups excluding carboxylic acids is 2. The zero-order valence-electron chi connectivity index (χ0n) is 36.9. The van der Waals surface area contributed by atoms with Crippen LogP contribution in [0.15, 0.2) is 131 Å². The number of nitrogens with zero attached hydrogens (tertiary/aromatic N) is 2. The molecule has 0 heterocycles. The second kappa shape index (κ2) is 20.5. The van der Waals surface area contributed by atoms with Gasteiger partial charge in [0.2, 0.25) is 15.7 Å². The minimum atomic E-state index is -3.81. The molecule has 10 nitrogen and oxygen atoms in total. The normalized spacial score (nSPS) is 12.8. The first kappa shape index (κ1) is 47.4. The molecule has 0 fully saturated rings. The summed E-state index contributed by atoms with van der Waals surface area (Å²) in [6, 6.07) is 37.9. The molecule has 0 saturated heterocycles. The summed E-state index contributed by atoms with van der Waals surface area (Å²) in [6.45, 7) is 11.0. The van der Waals surface area contributed by atoms with Crippen molar-refractivity contribution in [2.45, 2.75) is 62.7 Å². The molecule has 1 amide bonds. The molecule has 0 saturated carbocycles. The van der Waals surface area contributed by atoms with Crippen LogP contribution >= 0.6 is 11.8 Å². The van der Waals surface area contributed by atoms with Crippen LogP contribution in [-0.4, -0.2) is 70.8 Å². The fourth-order valence-electron chi connectivity index (χ4n) is 6.66. The molecule has 1 N–H and O–H groups in total. The lowest BCUT2D eigenvalue weighted by atomic mass is 9.68. The van der Waals surface area contributed by atoms with Gasteiger partial charge in [-0.3, -0.25) is 9.59 Å². The molecule has 62 heavy (non-hydrogen) atoms. The Bertz CT molecular complexity index is 2430. The van der Waals surface area contributed by atoms with Gasteiger partial charge in [0.05, 0.1) is 39.6 Å². The lowest BCUT2D eigenvalue weighted by Gasteiger charge is -2.38. The summed E-state index contributed by atoms with van der Waals surface area (Å²) in [4.78, 5) is 28.5. The number of nitriles is 1. The first-order chi connectivity index (χ1) is 29.4. The molecule has 5 rings (SSSR count). The molecule has 1 unspecified atom stereocenters. The fraction of sp³-hybridized carbons (Fsp3) is 0.340. The van der Waals surface area contributed by atoms with Crippen LogP contribution in [-0.2, 0) is 31.3 Å². The first-order valence-electron chi connectivity index (χ1n) is 20.5. The molecule has 0 aliphatic heterocycles. The van der Waals surface area contributed by atoms with Gasteiger partial charge in [-0.2, -0.15) is 17.0 Å². The lowest BCUT2D eigenvalue weighted by molar-refractivity contribution is -0.133. The van der Waals surface area contributed by atoms with Gasteiger partial charge in [0.1, 0.15) is 34.5 Å². The van der Waals surface area contributed by atoms with E-state index in [1.165, 1.54) is 36.0 Å². The summed E-state index contributed by atoms with van der Waals surface area (Å²) >= 11 is 1.36. The van der Waals surface area contributed by atoms with Crippen LogP contribution in [0.1, 0.15) is 57.7 Å². The van der Waals surface area contributed by atoms with Crippen LogP contribution in [0.3, 0.4) is 0 Å². The number of ether oxygens (including phenoxy) is 3. The van der Waals surface area contributed by atoms with Crippen molar-refractivity contribution in [2.75, 3.05) is 45.8 Å². The number of benzene rings is 5. The van der Waals surface area contributed by atoms with E-state index in [0.29, 0.717) is 35.3 Å². The van der Waals surface area contributed by atoms with Gasteiger partial charge in [0, 0.05) is 24.1 Å². The maximum atomic E-state index is 13.5. The largest absolute Gasteiger partial charge is 0.497 e. The van der Waals surface area contributed by atoms with E-state index in [1.807, 2.05) is 67.5 Å². The highest BCUT2D eigenvalue weighted by atomic mass is 32.2. The summed E-state index contributed by atoms with van der Waals surface area (Å²) < 4.78 is 44.3. The summed E-state index contributed by atoms with van der Waals surface area (Å²) in [5, 5.41) is 12.9. The van der Waals surface area contributed by atoms with E-state index in [9.17, 15) is 23.3 Å². The molecule has 326 valence electrons. The third kappa shape index (κ3) is 11.8. The Balaban J connectivity index is 1.11.